The van der Waals surface area contributed by atoms with E-state index < -0.39 is 0 Å². The van der Waals surface area contributed by atoms with Crippen LogP contribution in [0.5, 0.6) is 0 Å². The Kier molecular flexibility index (Phi) is 5.12. The highest BCUT2D eigenvalue weighted by molar-refractivity contribution is 5.91. The van der Waals surface area contributed by atoms with Gasteiger partial charge in [0.05, 0.1) is 17.9 Å². The molecule has 1 aromatic heterocycles. The number of ether oxygens (including phenoxy) is 1. The normalized spacial score (nSPS) is 23.2. The predicted molar refractivity (Wildman–Crippen MR) is 107 cm³/mol. The summed E-state index contributed by atoms with van der Waals surface area (Å²) < 4.78 is 11.2. The highest BCUT2D eigenvalue weighted by Crippen LogP contribution is 2.50. The zero-order valence-electron chi connectivity index (χ0n) is 16.9. The topological polar surface area (TPSA) is 68.5 Å². The van der Waals surface area contributed by atoms with Crippen LogP contribution in [-0.4, -0.2) is 47.3 Å². The number of hydrogen-bond donors (Lipinski definition) is 0. The second kappa shape index (κ2) is 7.90. The van der Waals surface area contributed by atoms with Gasteiger partial charge in [0.1, 0.15) is 0 Å². The Balaban J connectivity index is 1.19. The van der Waals surface area contributed by atoms with Gasteiger partial charge < -0.3 is 14.2 Å². The number of carbonyl (C=O) groups is 1. The number of rotatable bonds is 8. The van der Waals surface area contributed by atoms with E-state index in [9.17, 15) is 4.79 Å². The maximum Gasteiger partial charge on any atom is 0.233 e. The van der Waals surface area contributed by atoms with Crippen LogP contribution in [0.3, 0.4) is 0 Å². The molecule has 2 saturated carbocycles. The Morgan fingerprint density at radius 1 is 1.21 bits per heavy atom. The molecule has 1 amide bonds. The Hall–Kier alpha value is -2.21. The highest BCUT2D eigenvalue weighted by atomic mass is 16.5. The number of aromatic nitrogens is 2. The molecule has 6 nitrogen and oxygen atoms in total. The molecule has 1 aliphatic heterocycles. The number of piperidine rings is 1. The molecule has 3 aliphatic rings. The number of amides is 1. The SMILES string of the molecule is O=C(N1CCCC(c2nc(CCOCC3CC3)no2)C1)C1(c2ccccc2)CC1. The van der Waals surface area contributed by atoms with E-state index in [1.54, 1.807) is 0 Å². The molecule has 0 N–H and O–H groups in total. The van der Waals surface area contributed by atoms with Gasteiger partial charge in [-0.15, -0.1) is 0 Å². The van der Waals surface area contributed by atoms with Crippen LogP contribution >= 0.6 is 0 Å². The number of benzene rings is 1. The largest absolute Gasteiger partial charge is 0.381 e. The zero-order valence-corrected chi connectivity index (χ0v) is 16.9. The average molecular weight is 396 g/mol. The van der Waals surface area contributed by atoms with Crippen LogP contribution in [-0.2, 0) is 21.4 Å². The maximum absolute atomic E-state index is 13.3. The highest BCUT2D eigenvalue weighted by Gasteiger charge is 2.53. The van der Waals surface area contributed by atoms with Crippen molar-refractivity contribution in [3.05, 3.63) is 47.6 Å². The van der Waals surface area contributed by atoms with Crippen LogP contribution < -0.4 is 0 Å². The van der Waals surface area contributed by atoms with Gasteiger partial charge in [-0.05, 0) is 50.0 Å². The van der Waals surface area contributed by atoms with Gasteiger partial charge >= 0.3 is 0 Å². The van der Waals surface area contributed by atoms with Crippen molar-refractivity contribution in [1.29, 1.82) is 0 Å². The smallest absolute Gasteiger partial charge is 0.233 e. The summed E-state index contributed by atoms with van der Waals surface area (Å²) in [4.78, 5) is 20.0. The van der Waals surface area contributed by atoms with Gasteiger partial charge in [-0.3, -0.25) is 4.79 Å². The molecule has 2 aromatic rings. The summed E-state index contributed by atoms with van der Waals surface area (Å²) in [5.74, 6) is 2.55. The van der Waals surface area contributed by atoms with Crippen molar-refractivity contribution < 1.29 is 14.1 Å². The van der Waals surface area contributed by atoms with Crippen molar-refractivity contribution in [2.75, 3.05) is 26.3 Å². The van der Waals surface area contributed by atoms with E-state index in [0.717, 1.165) is 50.3 Å². The van der Waals surface area contributed by atoms with E-state index in [1.165, 1.54) is 12.8 Å². The van der Waals surface area contributed by atoms with Gasteiger partial charge in [0.25, 0.3) is 0 Å². The minimum atomic E-state index is -0.304. The third-order valence-electron chi connectivity index (χ3n) is 6.55. The summed E-state index contributed by atoms with van der Waals surface area (Å²) in [6.45, 7) is 2.99. The molecule has 5 rings (SSSR count). The number of likely N-dealkylation sites (tertiary alicyclic amines) is 1. The third-order valence-corrected chi connectivity index (χ3v) is 6.55. The van der Waals surface area contributed by atoms with E-state index >= 15 is 0 Å². The van der Waals surface area contributed by atoms with Gasteiger partial charge in [-0.2, -0.15) is 4.98 Å². The summed E-state index contributed by atoms with van der Waals surface area (Å²) in [5, 5.41) is 4.13. The third kappa shape index (κ3) is 4.08. The molecular weight excluding hydrogens is 366 g/mol. The summed E-state index contributed by atoms with van der Waals surface area (Å²) in [6, 6.07) is 10.2. The number of nitrogens with zero attached hydrogens (tertiary/aromatic N) is 3. The molecule has 2 aliphatic carbocycles. The number of carbonyl (C=O) groups excluding carboxylic acids is 1. The Morgan fingerprint density at radius 3 is 2.79 bits per heavy atom. The van der Waals surface area contributed by atoms with Crippen molar-refractivity contribution in [3.63, 3.8) is 0 Å². The summed E-state index contributed by atoms with van der Waals surface area (Å²) in [5.41, 5.74) is 0.848. The van der Waals surface area contributed by atoms with Crippen LogP contribution in [0.25, 0.3) is 0 Å². The lowest BCUT2D eigenvalue weighted by molar-refractivity contribution is -0.135. The molecule has 0 bridgehead atoms. The van der Waals surface area contributed by atoms with Gasteiger partial charge in [-0.25, -0.2) is 0 Å². The van der Waals surface area contributed by atoms with E-state index in [-0.39, 0.29) is 17.2 Å². The van der Waals surface area contributed by atoms with E-state index in [4.69, 9.17) is 9.26 Å². The molecule has 0 radical (unpaired) electrons. The van der Waals surface area contributed by atoms with E-state index in [1.807, 2.05) is 23.1 Å². The summed E-state index contributed by atoms with van der Waals surface area (Å²) in [7, 11) is 0. The van der Waals surface area contributed by atoms with Gasteiger partial charge in [0.2, 0.25) is 11.8 Å². The van der Waals surface area contributed by atoms with E-state index in [2.05, 4.69) is 22.3 Å². The Morgan fingerprint density at radius 2 is 2.03 bits per heavy atom. The molecule has 0 spiro atoms. The molecule has 1 saturated heterocycles. The van der Waals surface area contributed by atoms with Crippen molar-refractivity contribution in [1.82, 2.24) is 15.0 Å². The van der Waals surface area contributed by atoms with Crippen molar-refractivity contribution in [2.24, 2.45) is 5.92 Å². The second-order valence-corrected chi connectivity index (χ2v) is 8.86. The van der Waals surface area contributed by atoms with Crippen LogP contribution in [0.15, 0.2) is 34.9 Å². The first-order chi connectivity index (χ1) is 14.2. The molecule has 1 aromatic carbocycles. The fourth-order valence-corrected chi connectivity index (χ4v) is 4.41. The molecule has 29 heavy (non-hydrogen) atoms. The molecule has 2 heterocycles. The molecule has 154 valence electrons. The lowest BCUT2D eigenvalue weighted by atomic mass is 9.91. The fraction of sp³-hybridized carbons (Fsp3) is 0.609. The first kappa shape index (κ1) is 18.8. The first-order valence-corrected chi connectivity index (χ1v) is 11.0. The fourth-order valence-electron chi connectivity index (χ4n) is 4.41. The maximum atomic E-state index is 13.3. The van der Waals surface area contributed by atoms with Crippen LogP contribution in [0.1, 0.15) is 61.7 Å². The Labute approximate surface area is 171 Å². The van der Waals surface area contributed by atoms with Crippen LogP contribution in [0.2, 0.25) is 0 Å². The summed E-state index contributed by atoms with van der Waals surface area (Å²) in [6.07, 6.45) is 7.14. The second-order valence-electron chi connectivity index (χ2n) is 8.86. The van der Waals surface area contributed by atoms with Crippen molar-refractivity contribution in [3.8, 4) is 0 Å². The average Bonchev–Trinajstić information content (AvgIpc) is 3.70. The molecule has 6 heteroatoms. The quantitative estimate of drug-likeness (QED) is 0.640. The predicted octanol–water partition coefficient (Wildman–Crippen LogP) is 3.48. The number of hydrogen-bond acceptors (Lipinski definition) is 5. The zero-order chi connectivity index (χ0) is 19.7. The standard InChI is InChI=1S/C23H29N3O3/c27-22(23(11-12-23)19-6-2-1-3-7-19)26-13-4-5-18(15-26)21-24-20(25-29-21)10-14-28-16-17-8-9-17/h1-3,6-7,17-18H,4-5,8-16H2. The Bertz CT molecular complexity index is 842. The van der Waals surface area contributed by atoms with Crippen molar-refractivity contribution >= 4 is 5.91 Å². The molecular formula is C23H29N3O3. The van der Waals surface area contributed by atoms with Gasteiger partial charge in [-0.1, -0.05) is 35.5 Å². The minimum absolute atomic E-state index is 0.132. The van der Waals surface area contributed by atoms with Gasteiger partial charge in [0, 0.05) is 26.1 Å². The van der Waals surface area contributed by atoms with Crippen LogP contribution in [0, 0.1) is 5.92 Å². The molecule has 3 fully saturated rings. The monoisotopic (exact) mass is 395 g/mol. The molecule has 1 unspecified atom stereocenters. The van der Waals surface area contributed by atoms with Crippen LogP contribution in [0.4, 0.5) is 0 Å². The van der Waals surface area contributed by atoms with Crippen molar-refractivity contribution in [2.45, 2.75) is 56.3 Å². The minimum Gasteiger partial charge on any atom is -0.381 e. The first-order valence-electron chi connectivity index (χ1n) is 11.0. The lowest BCUT2D eigenvalue weighted by Gasteiger charge is -2.34. The summed E-state index contributed by atoms with van der Waals surface area (Å²) >= 11 is 0. The molecule has 1 atom stereocenters. The lowest BCUT2D eigenvalue weighted by Crippen LogP contribution is -2.44. The van der Waals surface area contributed by atoms with Gasteiger partial charge in [0.15, 0.2) is 5.82 Å². The van der Waals surface area contributed by atoms with E-state index in [0.29, 0.717) is 31.3 Å².